The summed E-state index contributed by atoms with van der Waals surface area (Å²) in [6.45, 7) is 3.47. The van der Waals surface area contributed by atoms with Crippen LogP contribution in [0, 0.1) is 5.82 Å². The molecule has 112 valence electrons. The number of benzene rings is 1. The molecule has 1 atom stereocenters. The van der Waals surface area contributed by atoms with E-state index in [1.165, 1.54) is 12.1 Å². The summed E-state index contributed by atoms with van der Waals surface area (Å²) in [5, 5.41) is 9.24. The first-order valence-corrected chi connectivity index (χ1v) is 6.32. The average molecular weight is 292 g/mol. The molecule has 1 aromatic carbocycles. The Morgan fingerprint density at radius 1 is 1.30 bits per heavy atom. The first-order chi connectivity index (χ1) is 9.11. The molecule has 20 heavy (non-hydrogen) atoms. The molecule has 0 saturated carbocycles. The lowest BCUT2D eigenvalue weighted by molar-refractivity contribution is -0.209. The lowest BCUT2D eigenvalue weighted by Gasteiger charge is -2.30. The number of ether oxygens (including phenoxy) is 1. The van der Waals surface area contributed by atoms with Crippen LogP contribution < -0.4 is 4.74 Å². The predicted molar refractivity (Wildman–Crippen MR) is 65.3 cm³/mol. The van der Waals surface area contributed by atoms with E-state index >= 15 is 0 Å². The number of aliphatic hydroxyl groups is 1. The summed E-state index contributed by atoms with van der Waals surface area (Å²) in [7, 11) is 0. The second-order valence-corrected chi connectivity index (χ2v) is 5.69. The van der Waals surface area contributed by atoms with Crippen LogP contribution in [0.5, 0.6) is 5.75 Å². The van der Waals surface area contributed by atoms with Crippen LogP contribution in [-0.2, 0) is 11.8 Å². The van der Waals surface area contributed by atoms with Crippen LogP contribution in [0.4, 0.5) is 17.6 Å². The summed E-state index contributed by atoms with van der Waals surface area (Å²) >= 11 is 0. The number of aliphatic hydroxyl groups excluding tert-OH is 1. The van der Waals surface area contributed by atoms with E-state index in [9.17, 15) is 22.7 Å². The Balaban J connectivity index is 2.35. The fourth-order valence-corrected chi connectivity index (χ4v) is 2.48. The molecule has 2 rings (SSSR count). The van der Waals surface area contributed by atoms with Crippen molar-refractivity contribution >= 4 is 0 Å². The Hall–Kier alpha value is -1.30. The maximum atomic E-state index is 13.6. The predicted octanol–water partition coefficient (Wildman–Crippen LogP) is 3.35. The normalized spacial score (nSPS) is 16.8. The van der Waals surface area contributed by atoms with Crippen molar-refractivity contribution in [3.05, 3.63) is 29.1 Å². The van der Waals surface area contributed by atoms with Crippen molar-refractivity contribution in [3.63, 3.8) is 0 Å². The third kappa shape index (κ3) is 2.90. The largest absolute Gasteiger partial charge is 0.493 e. The molecule has 0 amide bonds. The number of hydrogen-bond donors (Lipinski definition) is 1. The third-order valence-electron chi connectivity index (χ3n) is 3.56. The van der Waals surface area contributed by atoms with Crippen molar-refractivity contribution in [1.29, 1.82) is 0 Å². The van der Waals surface area contributed by atoms with Crippen molar-refractivity contribution in [1.82, 2.24) is 0 Å². The molecule has 0 aliphatic carbocycles. The molecule has 1 unspecified atom stereocenters. The Kier molecular flexibility index (Phi) is 3.71. The van der Waals surface area contributed by atoms with Crippen molar-refractivity contribution < 1.29 is 27.4 Å². The zero-order valence-electron chi connectivity index (χ0n) is 11.2. The second kappa shape index (κ2) is 4.91. The lowest BCUT2D eigenvalue weighted by Crippen LogP contribution is -2.35. The molecule has 1 aromatic rings. The molecule has 1 aliphatic rings. The maximum Gasteiger partial charge on any atom is 0.414 e. The van der Waals surface area contributed by atoms with E-state index < -0.39 is 29.9 Å². The van der Waals surface area contributed by atoms with Gasteiger partial charge in [0.25, 0.3) is 0 Å². The number of hydrogen-bond acceptors (Lipinski definition) is 2. The highest BCUT2D eigenvalue weighted by atomic mass is 19.4. The van der Waals surface area contributed by atoms with Gasteiger partial charge in [0.2, 0.25) is 0 Å². The molecule has 0 aromatic heterocycles. The summed E-state index contributed by atoms with van der Waals surface area (Å²) in [5.74, 6) is -0.0513. The molecular weight excluding hydrogens is 276 g/mol. The summed E-state index contributed by atoms with van der Waals surface area (Å²) < 4.78 is 56.5. The van der Waals surface area contributed by atoms with E-state index in [2.05, 4.69) is 0 Å². The highest BCUT2D eigenvalue weighted by Gasteiger charge is 2.43. The number of fused-ring (bicyclic) bond motifs is 1. The molecule has 1 aliphatic heterocycles. The fourth-order valence-electron chi connectivity index (χ4n) is 2.48. The molecule has 1 N–H and O–H groups in total. The zero-order valence-corrected chi connectivity index (χ0v) is 11.2. The smallest absolute Gasteiger partial charge is 0.414 e. The zero-order chi connectivity index (χ0) is 15.1. The van der Waals surface area contributed by atoms with Gasteiger partial charge in [-0.3, -0.25) is 0 Å². The van der Waals surface area contributed by atoms with Crippen LogP contribution in [0.15, 0.2) is 12.1 Å². The fraction of sp³-hybridized carbons (Fsp3) is 0.571. The minimum atomic E-state index is -4.69. The first-order valence-electron chi connectivity index (χ1n) is 6.32. The Morgan fingerprint density at radius 3 is 2.55 bits per heavy atom. The van der Waals surface area contributed by atoms with Gasteiger partial charge in [-0.25, -0.2) is 4.39 Å². The quantitative estimate of drug-likeness (QED) is 0.866. The molecule has 2 nitrogen and oxygen atoms in total. The highest BCUT2D eigenvalue weighted by Crippen LogP contribution is 2.42. The number of halogens is 4. The van der Waals surface area contributed by atoms with Gasteiger partial charge in [-0.15, -0.1) is 0 Å². The minimum Gasteiger partial charge on any atom is -0.493 e. The molecular formula is C14H16F4O2. The Morgan fingerprint density at radius 2 is 1.95 bits per heavy atom. The van der Waals surface area contributed by atoms with Crippen LogP contribution in [0.3, 0.4) is 0 Å². The standard InChI is InChI=1S/C14H16F4O2/c1-13(2,7-11(19)14(16,17)18)10-6-9(15)5-8-3-4-20-12(8)10/h5-6,11,19H,3-4,7H2,1-2H3. The van der Waals surface area contributed by atoms with Gasteiger partial charge in [-0.05, 0) is 24.0 Å². The lowest BCUT2D eigenvalue weighted by atomic mass is 9.78. The van der Waals surface area contributed by atoms with Gasteiger partial charge in [0.15, 0.2) is 6.10 Å². The van der Waals surface area contributed by atoms with Gasteiger partial charge >= 0.3 is 6.18 Å². The van der Waals surface area contributed by atoms with E-state index in [-0.39, 0.29) is 0 Å². The third-order valence-corrected chi connectivity index (χ3v) is 3.56. The monoisotopic (exact) mass is 292 g/mol. The molecule has 0 bridgehead atoms. The van der Waals surface area contributed by atoms with Gasteiger partial charge in [-0.1, -0.05) is 13.8 Å². The maximum absolute atomic E-state index is 13.6. The van der Waals surface area contributed by atoms with Gasteiger partial charge in [0, 0.05) is 17.5 Å². The van der Waals surface area contributed by atoms with E-state index in [1.54, 1.807) is 13.8 Å². The molecule has 0 radical (unpaired) electrons. The van der Waals surface area contributed by atoms with Crippen molar-refractivity contribution in [3.8, 4) is 5.75 Å². The van der Waals surface area contributed by atoms with E-state index in [1.807, 2.05) is 0 Å². The van der Waals surface area contributed by atoms with Gasteiger partial charge in [-0.2, -0.15) is 13.2 Å². The number of alkyl halides is 3. The molecule has 0 fully saturated rings. The molecule has 0 spiro atoms. The van der Waals surface area contributed by atoms with Crippen LogP contribution in [0.2, 0.25) is 0 Å². The SMILES string of the molecule is CC(C)(CC(O)C(F)(F)F)c1cc(F)cc2c1OCC2. The van der Waals surface area contributed by atoms with Crippen LogP contribution in [-0.4, -0.2) is 24.0 Å². The summed E-state index contributed by atoms with van der Waals surface area (Å²) in [5.41, 5.74) is -0.0197. The highest BCUT2D eigenvalue weighted by molar-refractivity contribution is 5.48. The van der Waals surface area contributed by atoms with Crippen molar-refractivity contribution in [2.24, 2.45) is 0 Å². The topological polar surface area (TPSA) is 29.5 Å². The van der Waals surface area contributed by atoms with Gasteiger partial charge < -0.3 is 9.84 Å². The Labute approximate surface area is 114 Å². The van der Waals surface area contributed by atoms with Crippen molar-refractivity contribution in [2.45, 2.75) is 44.4 Å². The summed E-state index contributed by atoms with van der Waals surface area (Å²) in [4.78, 5) is 0. The van der Waals surface area contributed by atoms with Gasteiger partial charge in [0.1, 0.15) is 11.6 Å². The summed E-state index contributed by atoms with van der Waals surface area (Å²) in [6, 6.07) is 2.52. The summed E-state index contributed by atoms with van der Waals surface area (Å²) in [6.07, 6.45) is -7.14. The number of rotatable bonds is 3. The molecule has 6 heteroatoms. The Bertz CT molecular complexity index is 509. The molecule has 1 heterocycles. The second-order valence-electron chi connectivity index (χ2n) is 5.69. The van der Waals surface area contributed by atoms with Crippen LogP contribution >= 0.6 is 0 Å². The van der Waals surface area contributed by atoms with E-state index in [0.29, 0.717) is 29.9 Å². The molecule has 0 saturated heterocycles. The van der Waals surface area contributed by atoms with Crippen LogP contribution in [0.1, 0.15) is 31.4 Å². The van der Waals surface area contributed by atoms with Crippen molar-refractivity contribution in [2.75, 3.05) is 6.61 Å². The van der Waals surface area contributed by atoms with Crippen LogP contribution in [0.25, 0.3) is 0 Å². The van der Waals surface area contributed by atoms with Gasteiger partial charge in [0.05, 0.1) is 6.61 Å². The first kappa shape index (κ1) is 15.1. The van der Waals surface area contributed by atoms with E-state index in [4.69, 9.17) is 4.74 Å². The minimum absolute atomic E-state index is 0.369. The average Bonchev–Trinajstić information content (AvgIpc) is 2.73. The van der Waals surface area contributed by atoms with E-state index in [0.717, 1.165) is 0 Å².